The Labute approximate surface area is 131 Å². The molecule has 0 aromatic heterocycles. The molecule has 7 heteroatoms. The number of ether oxygens (including phenoxy) is 1. The van der Waals surface area contributed by atoms with Crippen molar-refractivity contribution in [1.82, 2.24) is 4.72 Å². The van der Waals surface area contributed by atoms with Gasteiger partial charge >= 0.3 is 5.97 Å². The van der Waals surface area contributed by atoms with Gasteiger partial charge in [-0.3, -0.25) is 4.79 Å². The van der Waals surface area contributed by atoms with Crippen molar-refractivity contribution in [1.29, 1.82) is 5.26 Å². The monoisotopic (exact) mass is 324 g/mol. The lowest BCUT2D eigenvalue weighted by atomic mass is 10.1. The summed E-state index contributed by atoms with van der Waals surface area (Å²) in [5, 5.41) is 8.91. The van der Waals surface area contributed by atoms with Crippen LogP contribution in [0, 0.1) is 24.2 Å². The molecule has 1 N–H and O–H groups in total. The standard InChI is InChI=1S/C15H20N2O4S/c1-10(2)7-13(15(18)21-4)17-22(19,20)14-8-12(9-16)6-5-11(14)3/h5-6,8,10,13,17H,7H2,1-4H3. The van der Waals surface area contributed by atoms with Crippen LogP contribution in [0.1, 0.15) is 31.4 Å². The number of sulfonamides is 1. The molecule has 0 radical (unpaired) electrons. The minimum absolute atomic E-state index is 0.00999. The number of carbonyl (C=O) groups is 1. The van der Waals surface area contributed by atoms with E-state index >= 15 is 0 Å². The average Bonchev–Trinajstić information content (AvgIpc) is 2.45. The van der Waals surface area contributed by atoms with Crippen LogP contribution in [-0.2, 0) is 19.6 Å². The molecule has 0 fully saturated rings. The topological polar surface area (TPSA) is 96.3 Å². The van der Waals surface area contributed by atoms with E-state index in [4.69, 9.17) is 5.26 Å². The third-order valence-electron chi connectivity index (χ3n) is 3.10. The maximum absolute atomic E-state index is 12.5. The lowest BCUT2D eigenvalue weighted by Gasteiger charge is -2.19. The Balaban J connectivity index is 3.17. The second-order valence-corrected chi connectivity index (χ2v) is 7.10. The van der Waals surface area contributed by atoms with Crippen molar-refractivity contribution in [3.05, 3.63) is 29.3 Å². The van der Waals surface area contributed by atoms with Gasteiger partial charge in [0.2, 0.25) is 10.0 Å². The van der Waals surface area contributed by atoms with Gasteiger partial charge in [0.15, 0.2) is 0 Å². The minimum Gasteiger partial charge on any atom is -0.468 e. The Morgan fingerprint density at radius 3 is 2.55 bits per heavy atom. The lowest BCUT2D eigenvalue weighted by molar-refractivity contribution is -0.143. The first-order valence-electron chi connectivity index (χ1n) is 6.82. The highest BCUT2D eigenvalue weighted by Crippen LogP contribution is 2.18. The number of hydrogen-bond acceptors (Lipinski definition) is 5. The summed E-state index contributed by atoms with van der Waals surface area (Å²) in [6.07, 6.45) is 0.322. The van der Waals surface area contributed by atoms with Crippen molar-refractivity contribution in [2.24, 2.45) is 5.92 Å². The summed E-state index contributed by atoms with van der Waals surface area (Å²) in [6.45, 7) is 5.39. The third-order valence-corrected chi connectivity index (χ3v) is 4.71. The first-order valence-corrected chi connectivity index (χ1v) is 8.30. The van der Waals surface area contributed by atoms with Crippen LogP contribution in [0.25, 0.3) is 0 Å². The smallest absolute Gasteiger partial charge is 0.323 e. The maximum Gasteiger partial charge on any atom is 0.323 e. The summed E-state index contributed by atoms with van der Waals surface area (Å²) in [4.78, 5) is 11.8. The first-order chi connectivity index (χ1) is 10.2. The second kappa shape index (κ2) is 7.38. The van der Waals surface area contributed by atoms with Gasteiger partial charge in [0.05, 0.1) is 23.6 Å². The van der Waals surface area contributed by atoms with Gasteiger partial charge in [-0.15, -0.1) is 0 Å². The van der Waals surface area contributed by atoms with Crippen LogP contribution in [-0.4, -0.2) is 27.5 Å². The molecule has 22 heavy (non-hydrogen) atoms. The summed E-state index contributed by atoms with van der Waals surface area (Å²) in [5.74, 6) is -0.523. The van der Waals surface area contributed by atoms with Gasteiger partial charge in [-0.25, -0.2) is 8.42 Å². The molecule has 6 nitrogen and oxygen atoms in total. The quantitative estimate of drug-likeness (QED) is 0.804. The molecule has 1 aromatic rings. The van der Waals surface area contributed by atoms with Crippen LogP contribution in [0.3, 0.4) is 0 Å². The molecule has 0 bridgehead atoms. The molecule has 1 atom stereocenters. The Kier molecular flexibility index (Phi) is 6.09. The highest BCUT2D eigenvalue weighted by atomic mass is 32.2. The van der Waals surface area contributed by atoms with E-state index in [2.05, 4.69) is 9.46 Å². The highest BCUT2D eigenvalue weighted by molar-refractivity contribution is 7.89. The number of hydrogen-bond donors (Lipinski definition) is 1. The van der Waals surface area contributed by atoms with Gasteiger partial charge in [-0.1, -0.05) is 19.9 Å². The van der Waals surface area contributed by atoms with Crippen molar-refractivity contribution >= 4 is 16.0 Å². The molecule has 0 heterocycles. The number of nitrogens with zero attached hydrogens (tertiary/aromatic N) is 1. The number of nitrogens with one attached hydrogen (secondary N) is 1. The largest absolute Gasteiger partial charge is 0.468 e. The van der Waals surface area contributed by atoms with E-state index in [1.165, 1.54) is 13.2 Å². The third kappa shape index (κ3) is 4.55. The second-order valence-electron chi connectivity index (χ2n) is 5.42. The van der Waals surface area contributed by atoms with Crippen molar-refractivity contribution in [2.75, 3.05) is 7.11 Å². The van der Waals surface area contributed by atoms with Crippen LogP contribution in [0.2, 0.25) is 0 Å². The summed E-state index contributed by atoms with van der Waals surface area (Å²) >= 11 is 0. The van der Waals surface area contributed by atoms with Crippen molar-refractivity contribution in [3.63, 3.8) is 0 Å². The van der Waals surface area contributed by atoms with Gasteiger partial charge in [0.25, 0.3) is 0 Å². The average molecular weight is 324 g/mol. The fourth-order valence-electron chi connectivity index (χ4n) is 2.02. The minimum atomic E-state index is -3.93. The zero-order valence-corrected chi connectivity index (χ0v) is 13.9. The fraction of sp³-hybridized carbons (Fsp3) is 0.467. The predicted molar refractivity (Wildman–Crippen MR) is 81.5 cm³/mol. The lowest BCUT2D eigenvalue weighted by Crippen LogP contribution is -2.42. The molecule has 120 valence electrons. The Morgan fingerprint density at radius 2 is 2.05 bits per heavy atom. The number of nitriles is 1. The van der Waals surface area contributed by atoms with Gasteiger partial charge in [0.1, 0.15) is 6.04 Å². The number of carbonyl (C=O) groups excluding carboxylic acids is 1. The summed E-state index contributed by atoms with van der Waals surface area (Å²) < 4.78 is 32.0. The molecular formula is C15H20N2O4S. The van der Waals surface area contributed by atoms with Gasteiger partial charge in [0, 0.05) is 0 Å². The SMILES string of the molecule is COC(=O)C(CC(C)C)NS(=O)(=O)c1cc(C#N)ccc1C. The number of aryl methyl sites for hydroxylation is 1. The molecule has 0 aliphatic heterocycles. The van der Waals surface area contributed by atoms with Crippen molar-refractivity contribution in [2.45, 2.75) is 38.1 Å². The predicted octanol–water partition coefficient (Wildman–Crippen LogP) is 1.73. The van der Waals surface area contributed by atoms with Crippen LogP contribution in [0.4, 0.5) is 0 Å². The van der Waals surface area contributed by atoms with E-state index in [-0.39, 0.29) is 16.4 Å². The molecule has 1 rings (SSSR count). The molecule has 0 aliphatic carbocycles. The van der Waals surface area contributed by atoms with Gasteiger partial charge < -0.3 is 4.74 Å². The Morgan fingerprint density at radius 1 is 1.41 bits per heavy atom. The van der Waals surface area contributed by atoms with Crippen LogP contribution >= 0.6 is 0 Å². The van der Waals surface area contributed by atoms with Gasteiger partial charge in [-0.2, -0.15) is 9.98 Å². The van der Waals surface area contributed by atoms with Crippen molar-refractivity contribution in [3.8, 4) is 6.07 Å². The van der Waals surface area contributed by atoms with E-state index < -0.39 is 22.0 Å². The number of benzene rings is 1. The maximum atomic E-state index is 12.5. The number of methoxy groups -OCH3 is 1. The van der Waals surface area contributed by atoms with Crippen molar-refractivity contribution < 1.29 is 17.9 Å². The molecule has 0 aliphatic rings. The van der Waals surface area contributed by atoms with E-state index in [1.54, 1.807) is 19.1 Å². The normalized spacial score (nSPS) is 12.7. The summed E-state index contributed by atoms with van der Waals surface area (Å²) in [7, 11) is -2.71. The number of rotatable bonds is 6. The Bertz CT molecular complexity index is 690. The summed E-state index contributed by atoms with van der Waals surface area (Å²) in [6, 6.07) is 5.34. The van der Waals surface area contributed by atoms with E-state index in [0.29, 0.717) is 12.0 Å². The van der Waals surface area contributed by atoms with E-state index in [1.807, 2.05) is 19.9 Å². The molecule has 1 aromatic carbocycles. The first kappa shape index (κ1) is 18.1. The van der Waals surface area contributed by atoms with E-state index in [0.717, 1.165) is 0 Å². The molecule has 0 saturated carbocycles. The van der Waals surface area contributed by atoms with Crippen LogP contribution in [0.15, 0.2) is 23.1 Å². The van der Waals surface area contributed by atoms with Gasteiger partial charge in [-0.05, 0) is 37.0 Å². The molecule has 0 saturated heterocycles. The Hall–Kier alpha value is -1.91. The van der Waals surface area contributed by atoms with Crippen LogP contribution < -0.4 is 4.72 Å². The molecular weight excluding hydrogens is 304 g/mol. The zero-order chi connectivity index (χ0) is 16.9. The summed E-state index contributed by atoms with van der Waals surface area (Å²) in [5.41, 5.74) is 0.740. The molecule has 0 amide bonds. The van der Waals surface area contributed by atoms with Crippen LogP contribution in [0.5, 0.6) is 0 Å². The number of esters is 1. The van der Waals surface area contributed by atoms with E-state index in [9.17, 15) is 13.2 Å². The highest BCUT2D eigenvalue weighted by Gasteiger charge is 2.28. The zero-order valence-electron chi connectivity index (χ0n) is 13.1. The molecule has 0 spiro atoms. The fourth-order valence-corrected chi connectivity index (χ4v) is 3.48. The molecule has 1 unspecified atom stereocenters.